The zero-order valence-electron chi connectivity index (χ0n) is 12.5. The van der Waals surface area contributed by atoms with Crippen LogP contribution in [0.5, 0.6) is 0 Å². The third-order valence-corrected chi connectivity index (χ3v) is 5.49. The minimum absolute atomic E-state index is 0.112. The molecule has 134 valence electrons. The van der Waals surface area contributed by atoms with Crippen molar-refractivity contribution in [3.8, 4) is 0 Å². The fourth-order valence-corrected chi connectivity index (χ4v) is 4.09. The van der Waals surface area contributed by atoms with Crippen LogP contribution in [0.3, 0.4) is 0 Å². The molecule has 3 rings (SSSR count). The maximum atomic E-state index is 12.2. The van der Waals surface area contributed by atoms with E-state index < -0.39 is 22.2 Å². The van der Waals surface area contributed by atoms with Crippen molar-refractivity contribution in [2.75, 3.05) is 13.1 Å². The highest BCUT2D eigenvalue weighted by molar-refractivity contribution is 7.89. The Balaban J connectivity index is 0.000000256. The Kier molecular flexibility index (Phi) is 5.16. The van der Waals surface area contributed by atoms with Crippen LogP contribution in [-0.2, 0) is 14.8 Å². The standard InChI is InChI=1S/C11H15N3O2S.C2HF3O2/c1-7-2-3-12-6-10(7)17(15,16)14-11-8-4-13-5-9(8)11;3-2(4,5)1(6)7/h2-3,6,8-9,11,13-14H,4-5H2,1H3;(H,6,7)/t8-,9+,11?;. The summed E-state index contributed by atoms with van der Waals surface area (Å²) in [6, 6.07) is 1.82. The van der Waals surface area contributed by atoms with Gasteiger partial charge in [0.25, 0.3) is 0 Å². The number of carbonyl (C=O) groups is 1. The number of nitrogens with zero attached hydrogens (tertiary/aromatic N) is 1. The molecule has 1 saturated carbocycles. The van der Waals surface area contributed by atoms with Gasteiger partial charge in [0.1, 0.15) is 4.90 Å². The van der Waals surface area contributed by atoms with E-state index in [-0.39, 0.29) is 10.9 Å². The number of halogens is 3. The Morgan fingerprint density at radius 2 is 1.92 bits per heavy atom. The minimum atomic E-state index is -5.08. The molecule has 3 N–H and O–H groups in total. The van der Waals surface area contributed by atoms with Crippen LogP contribution in [-0.4, -0.2) is 49.8 Å². The molecule has 24 heavy (non-hydrogen) atoms. The number of fused-ring (bicyclic) bond motifs is 1. The zero-order chi connectivity index (χ0) is 18.1. The Morgan fingerprint density at radius 1 is 1.38 bits per heavy atom. The van der Waals surface area contributed by atoms with E-state index in [4.69, 9.17) is 9.90 Å². The number of aromatic nitrogens is 1. The number of pyridine rings is 1. The highest BCUT2D eigenvalue weighted by Gasteiger charge is 2.54. The number of aliphatic carboxylic acids is 1. The molecule has 2 heterocycles. The molecule has 1 aliphatic carbocycles. The van der Waals surface area contributed by atoms with E-state index in [9.17, 15) is 21.6 Å². The van der Waals surface area contributed by atoms with Crippen LogP contribution >= 0.6 is 0 Å². The van der Waals surface area contributed by atoms with Gasteiger partial charge in [-0.25, -0.2) is 17.9 Å². The summed E-state index contributed by atoms with van der Waals surface area (Å²) in [5.74, 6) is -1.81. The molecule has 0 aromatic carbocycles. The van der Waals surface area contributed by atoms with Crippen LogP contribution in [0, 0.1) is 18.8 Å². The Morgan fingerprint density at radius 3 is 2.38 bits per heavy atom. The van der Waals surface area contributed by atoms with Gasteiger partial charge in [-0.2, -0.15) is 13.2 Å². The molecule has 1 saturated heterocycles. The van der Waals surface area contributed by atoms with Gasteiger partial charge < -0.3 is 10.4 Å². The smallest absolute Gasteiger partial charge is 0.475 e. The Bertz CT molecular complexity index is 713. The molecule has 1 aromatic rings. The first kappa shape index (κ1) is 18.6. The fraction of sp³-hybridized carbons (Fsp3) is 0.538. The van der Waals surface area contributed by atoms with E-state index in [1.54, 1.807) is 19.2 Å². The predicted octanol–water partition coefficient (Wildman–Crippen LogP) is 0.519. The molecule has 1 unspecified atom stereocenters. The van der Waals surface area contributed by atoms with Gasteiger partial charge in [-0.05, 0) is 43.5 Å². The fourth-order valence-electron chi connectivity index (χ4n) is 2.57. The highest BCUT2D eigenvalue weighted by atomic mass is 32.2. The second kappa shape index (κ2) is 6.65. The topological polar surface area (TPSA) is 108 Å². The number of hydrogen-bond donors (Lipinski definition) is 3. The van der Waals surface area contributed by atoms with Gasteiger partial charge in [0.2, 0.25) is 10.0 Å². The zero-order valence-corrected chi connectivity index (χ0v) is 13.4. The van der Waals surface area contributed by atoms with Gasteiger partial charge in [-0.3, -0.25) is 4.98 Å². The van der Waals surface area contributed by atoms with Crippen LogP contribution < -0.4 is 10.0 Å². The van der Waals surface area contributed by atoms with Gasteiger partial charge in [-0.1, -0.05) is 0 Å². The van der Waals surface area contributed by atoms with Crippen LogP contribution in [0.1, 0.15) is 5.56 Å². The maximum Gasteiger partial charge on any atom is 0.490 e. The normalized spacial score (nSPS) is 25.4. The van der Waals surface area contributed by atoms with E-state index in [1.807, 2.05) is 0 Å². The van der Waals surface area contributed by atoms with Crippen molar-refractivity contribution >= 4 is 16.0 Å². The van der Waals surface area contributed by atoms with Gasteiger partial charge in [0.05, 0.1) is 0 Å². The summed E-state index contributed by atoms with van der Waals surface area (Å²) in [6.45, 7) is 3.62. The Labute approximate surface area is 136 Å². The number of carboxylic acids is 1. The number of sulfonamides is 1. The first-order valence-electron chi connectivity index (χ1n) is 6.98. The second-order valence-corrected chi connectivity index (χ2v) is 7.26. The lowest BCUT2D eigenvalue weighted by Gasteiger charge is -2.10. The van der Waals surface area contributed by atoms with Crippen molar-refractivity contribution in [1.29, 1.82) is 0 Å². The van der Waals surface area contributed by atoms with Gasteiger partial charge in [0.15, 0.2) is 0 Å². The van der Waals surface area contributed by atoms with Crippen LogP contribution in [0.2, 0.25) is 0 Å². The number of nitrogens with one attached hydrogen (secondary N) is 2. The quantitative estimate of drug-likeness (QED) is 0.719. The average molecular weight is 367 g/mol. The number of aryl methyl sites for hydroxylation is 1. The van der Waals surface area contributed by atoms with Gasteiger partial charge in [-0.15, -0.1) is 0 Å². The van der Waals surface area contributed by atoms with Gasteiger partial charge in [0, 0.05) is 18.4 Å². The molecule has 2 aliphatic rings. The van der Waals surface area contributed by atoms with Crippen LogP contribution in [0.25, 0.3) is 0 Å². The van der Waals surface area contributed by atoms with E-state index in [0.717, 1.165) is 18.7 Å². The summed E-state index contributed by atoms with van der Waals surface area (Å²) in [7, 11) is -3.41. The summed E-state index contributed by atoms with van der Waals surface area (Å²) < 4.78 is 58.8. The molecule has 0 radical (unpaired) electrons. The molecule has 2 fully saturated rings. The number of rotatable bonds is 3. The monoisotopic (exact) mass is 367 g/mol. The summed E-state index contributed by atoms with van der Waals surface area (Å²) in [6.07, 6.45) is -2.07. The first-order valence-corrected chi connectivity index (χ1v) is 8.46. The third kappa shape index (κ3) is 4.22. The molecule has 0 bridgehead atoms. The van der Waals surface area contributed by atoms with E-state index in [2.05, 4.69) is 15.0 Å². The van der Waals surface area contributed by atoms with Crippen molar-refractivity contribution < 1.29 is 31.5 Å². The summed E-state index contributed by atoms with van der Waals surface area (Å²) in [4.78, 5) is 13.1. The first-order chi connectivity index (χ1) is 11.0. The molecule has 7 nitrogen and oxygen atoms in total. The van der Waals surface area contributed by atoms with Crippen molar-refractivity contribution in [2.24, 2.45) is 11.8 Å². The molecule has 0 spiro atoms. The number of hydrogen-bond acceptors (Lipinski definition) is 5. The molecular formula is C13H16F3N3O4S. The molecular weight excluding hydrogens is 351 g/mol. The molecule has 11 heteroatoms. The van der Waals surface area contributed by atoms with Crippen LogP contribution in [0.4, 0.5) is 13.2 Å². The third-order valence-electron chi connectivity index (χ3n) is 3.91. The molecule has 0 amide bonds. The number of piperidine rings is 1. The van der Waals surface area contributed by atoms with Crippen LogP contribution in [0.15, 0.2) is 23.4 Å². The Hall–Kier alpha value is -1.72. The molecule has 3 atom stereocenters. The number of alkyl halides is 3. The van der Waals surface area contributed by atoms with E-state index in [1.165, 1.54) is 6.20 Å². The lowest BCUT2D eigenvalue weighted by molar-refractivity contribution is -0.192. The van der Waals surface area contributed by atoms with E-state index in [0.29, 0.717) is 11.8 Å². The summed E-state index contributed by atoms with van der Waals surface area (Å²) in [5, 5.41) is 10.4. The largest absolute Gasteiger partial charge is 0.490 e. The highest BCUT2D eigenvalue weighted by Crippen LogP contribution is 2.42. The lowest BCUT2D eigenvalue weighted by atomic mass is 10.3. The lowest BCUT2D eigenvalue weighted by Crippen LogP contribution is -2.32. The molecule has 1 aliphatic heterocycles. The average Bonchev–Trinajstić information content (AvgIpc) is 2.90. The van der Waals surface area contributed by atoms with Crippen molar-refractivity contribution in [3.63, 3.8) is 0 Å². The van der Waals surface area contributed by atoms with Crippen molar-refractivity contribution in [1.82, 2.24) is 15.0 Å². The summed E-state index contributed by atoms with van der Waals surface area (Å²) in [5.41, 5.74) is 0.733. The minimum Gasteiger partial charge on any atom is -0.475 e. The van der Waals surface area contributed by atoms with E-state index >= 15 is 0 Å². The maximum absolute atomic E-state index is 12.2. The SMILES string of the molecule is Cc1ccncc1S(=O)(=O)NC1[C@H]2CNC[C@@H]12.O=C(O)C(F)(F)F. The second-order valence-electron chi connectivity index (χ2n) is 5.58. The summed E-state index contributed by atoms with van der Waals surface area (Å²) >= 11 is 0. The van der Waals surface area contributed by atoms with Crippen molar-refractivity contribution in [2.45, 2.75) is 24.0 Å². The van der Waals surface area contributed by atoms with Gasteiger partial charge >= 0.3 is 12.1 Å². The molecule has 1 aromatic heterocycles. The predicted molar refractivity (Wildman–Crippen MR) is 76.6 cm³/mol. The van der Waals surface area contributed by atoms with Crippen molar-refractivity contribution in [3.05, 3.63) is 24.0 Å². The number of carboxylic acid groups (broad SMARTS) is 1.